The first-order chi connectivity index (χ1) is 7.17. The van der Waals surface area contributed by atoms with Crippen molar-refractivity contribution in [3.63, 3.8) is 0 Å². The van der Waals surface area contributed by atoms with Gasteiger partial charge in [-0.2, -0.15) is 0 Å². The summed E-state index contributed by atoms with van der Waals surface area (Å²) in [6, 6.07) is 0. The van der Waals surface area contributed by atoms with E-state index in [2.05, 4.69) is 23.4 Å². The molecule has 0 radical (unpaired) electrons. The highest BCUT2D eigenvalue weighted by atomic mass is 15.0. The van der Waals surface area contributed by atoms with E-state index in [0.29, 0.717) is 5.41 Å². The van der Waals surface area contributed by atoms with Gasteiger partial charge in [0, 0.05) is 25.9 Å². The molecule has 86 valence electrons. The summed E-state index contributed by atoms with van der Waals surface area (Å²) in [5, 5.41) is 0. The number of imidazole rings is 1. The van der Waals surface area contributed by atoms with Crippen LogP contribution in [-0.4, -0.2) is 16.1 Å². The lowest BCUT2D eigenvalue weighted by atomic mass is 9.78. The molecule has 0 saturated heterocycles. The maximum atomic E-state index is 5.88. The van der Waals surface area contributed by atoms with Crippen molar-refractivity contribution < 1.29 is 0 Å². The summed E-state index contributed by atoms with van der Waals surface area (Å²) >= 11 is 0. The van der Waals surface area contributed by atoms with Crippen molar-refractivity contribution in [2.45, 2.75) is 39.5 Å². The van der Waals surface area contributed by atoms with Crippen LogP contribution in [0.4, 0.5) is 0 Å². The molecule has 0 aliphatic heterocycles. The van der Waals surface area contributed by atoms with Gasteiger partial charge in [-0.15, -0.1) is 0 Å². The van der Waals surface area contributed by atoms with Gasteiger partial charge in [0.15, 0.2) is 0 Å². The van der Waals surface area contributed by atoms with Crippen LogP contribution < -0.4 is 5.73 Å². The fourth-order valence-corrected chi connectivity index (χ4v) is 2.01. The molecule has 1 heterocycles. The van der Waals surface area contributed by atoms with Gasteiger partial charge in [0.2, 0.25) is 0 Å². The van der Waals surface area contributed by atoms with E-state index in [0.717, 1.165) is 38.1 Å². The third kappa shape index (κ3) is 2.81. The van der Waals surface area contributed by atoms with Crippen molar-refractivity contribution in [1.29, 1.82) is 0 Å². The third-order valence-electron chi connectivity index (χ3n) is 3.73. The Morgan fingerprint density at radius 1 is 1.40 bits per heavy atom. The Balaban J connectivity index is 2.58. The molecule has 0 saturated carbocycles. The quantitative estimate of drug-likeness (QED) is 0.780. The second-order valence-corrected chi connectivity index (χ2v) is 4.37. The van der Waals surface area contributed by atoms with Gasteiger partial charge in [0.1, 0.15) is 5.82 Å². The first-order valence-corrected chi connectivity index (χ1v) is 5.83. The molecule has 0 bridgehead atoms. The summed E-state index contributed by atoms with van der Waals surface area (Å²) in [7, 11) is 2.05. The zero-order chi connectivity index (χ0) is 11.3. The molecule has 0 spiro atoms. The highest BCUT2D eigenvalue weighted by Gasteiger charge is 2.24. The van der Waals surface area contributed by atoms with Crippen LogP contribution in [0.1, 0.15) is 38.9 Å². The Morgan fingerprint density at radius 2 is 2.07 bits per heavy atom. The van der Waals surface area contributed by atoms with E-state index < -0.39 is 0 Å². The van der Waals surface area contributed by atoms with Crippen LogP contribution in [0.3, 0.4) is 0 Å². The van der Waals surface area contributed by atoms with Crippen LogP contribution in [0.5, 0.6) is 0 Å². The zero-order valence-corrected chi connectivity index (χ0v) is 10.2. The molecule has 0 unspecified atom stereocenters. The molecular weight excluding hydrogens is 186 g/mol. The highest BCUT2D eigenvalue weighted by Crippen LogP contribution is 2.30. The molecular formula is C12H23N3. The van der Waals surface area contributed by atoms with Gasteiger partial charge in [0.05, 0.1) is 0 Å². The zero-order valence-electron chi connectivity index (χ0n) is 10.2. The van der Waals surface area contributed by atoms with Crippen molar-refractivity contribution in [2.24, 2.45) is 18.2 Å². The number of nitrogens with zero attached hydrogens (tertiary/aromatic N) is 2. The van der Waals surface area contributed by atoms with Gasteiger partial charge < -0.3 is 10.3 Å². The predicted molar refractivity (Wildman–Crippen MR) is 63.6 cm³/mol. The van der Waals surface area contributed by atoms with Gasteiger partial charge in [-0.25, -0.2) is 4.98 Å². The Bertz CT molecular complexity index is 279. The average molecular weight is 209 g/mol. The van der Waals surface area contributed by atoms with Crippen molar-refractivity contribution in [3.05, 3.63) is 18.2 Å². The minimum Gasteiger partial charge on any atom is -0.338 e. The van der Waals surface area contributed by atoms with E-state index in [1.165, 1.54) is 0 Å². The summed E-state index contributed by atoms with van der Waals surface area (Å²) < 4.78 is 2.09. The fourth-order valence-electron chi connectivity index (χ4n) is 2.01. The topological polar surface area (TPSA) is 43.8 Å². The Hall–Kier alpha value is -0.830. The van der Waals surface area contributed by atoms with E-state index in [1.807, 2.05) is 19.4 Å². The molecule has 2 N–H and O–H groups in total. The van der Waals surface area contributed by atoms with Gasteiger partial charge in [-0.3, -0.25) is 0 Å². The maximum absolute atomic E-state index is 5.88. The number of hydrogen-bond donors (Lipinski definition) is 1. The van der Waals surface area contributed by atoms with Crippen LogP contribution in [0.2, 0.25) is 0 Å². The molecule has 15 heavy (non-hydrogen) atoms. The number of aryl methyl sites for hydroxylation is 2. The monoisotopic (exact) mass is 209 g/mol. The number of hydrogen-bond acceptors (Lipinski definition) is 2. The summed E-state index contributed by atoms with van der Waals surface area (Å²) in [6.07, 6.45) is 8.34. The largest absolute Gasteiger partial charge is 0.338 e. The Morgan fingerprint density at radius 3 is 2.47 bits per heavy atom. The van der Waals surface area contributed by atoms with E-state index >= 15 is 0 Å². The maximum Gasteiger partial charge on any atom is 0.108 e. The first kappa shape index (κ1) is 12.2. The molecule has 0 aliphatic carbocycles. The summed E-state index contributed by atoms with van der Waals surface area (Å²) in [4.78, 5) is 4.34. The Labute approximate surface area is 92.7 Å². The van der Waals surface area contributed by atoms with E-state index in [4.69, 9.17) is 5.73 Å². The van der Waals surface area contributed by atoms with Crippen LogP contribution in [0.25, 0.3) is 0 Å². The van der Waals surface area contributed by atoms with Crippen molar-refractivity contribution in [1.82, 2.24) is 9.55 Å². The number of aromatic nitrogens is 2. The molecule has 0 atom stereocenters. The van der Waals surface area contributed by atoms with Crippen LogP contribution in [0, 0.1) is 5.41 Å². The normalized spacial score (nSPS) is 12.0. The second kappa shape index (κ2) is 5.31. The van der Waals surface area contributed by atoms with Crippen molar-refractivity contribution in [2.75, 3.05) is 6.54 Å². The lowest BCUT2D eigenvalue weighted by Gasteiger charge is -2.29. The molecule has 3 nitrogen and oxygen atoms in total. The van der Waals surface area contributed by atoms with Crippen molar-refractivity contribution in [3.8, 4) is 0 Å². The average Bonchev–Trinajstić information content (AvgIpc) is 2.67. The van der Waals surface area contributed by atoms with E-state index in [1.54, 1.807) is 0 Å². The highest BCUT2D eigenvalue weighted by molar-refractivity contribution is 4.93. The molecule has 0 aromatic carbocycles. The van der Waals surface area contributed by atoms with Gasteiger partial charge in [0.25, 0.3) is 0 Å². The molecule has 0 aliphatic rings. The standard InChI is InChI=1S/C12H23N3/c1-4-12(5-2,10-13)7-6-11-14-8-9-15(11)3/h8-9H,4-7,10,13H2,1-3H3. The molecule has 3 heteroatoms. The van der Waals surface area contributed by atoms with E-state index in [9.17, 15) is 0 Å². The second-order valence-electron chi connectivity index (χ2n) is 4.37. The molecule has 1 rings (SSSR count). The number of nitrogens with two attached hydrogens (primary N) is 1. The smallest absolute Gasteiger partial charge is 0.108 e. The summed E-state index contributed by atoms with van der Waals surface area (Å²) in [6.45, 7) is 5.24. The molecule has 0 amide bonds. The fraction of sp³-hybridized carbons (Fsp3) is 0.750. The molecule has 0 fully saturated rings. The van der Waals surface area contributed by atoms with Crippen molar-refractivity contribution >= 4 is 0 Å². The van der Waals surface area contributed by atoms with Crippen LogP contribution in [0.15, 0.2) is 12.4 Å². The Kier molecular flexibility index (Phi) is 4.33. The summed E-state index contributed by atoms with van der Waals surface area (Å²) in [5.41, 5.74) is 6.19. The minimum absolute atomic E-state index is 0.311. The van der Waals surface area contributed by atoms with Gasteiger partial charge in [-0.1, -0.05) is 13.8 Å². The van der Waals surface area contributed by atoms with Crippen LogP contribution >= 0.6 is 0 Å². The van der Waals surface area contributed by atoms with Gasteiger partial charge >= 0.3 is 0 Å². The lowest BCUT2D eigenvalue weighted by molar-refractivity contribution is 0.248. The van der Waals surface area contributed by atoms with Crippen LogP contribution in [-0.2, 0) is 13.5 Å². The number of rotatable bonds is 6. The minimum atomic E-state index is 0.311. The third-order valence-corrected chi connectivity index (χ3v) is 3.73. The molecule has 1 aromatic heterocycles. The van der Waals surface area contributed by atoms with Gasteiger partial charge in [-0.05, 0) is 31.2 Å². The summed E-state index contributed by atoms with van der Waals surface area (Å²) in [5.74, 6) is 1.16. The molecule has 1 aromatic rings. The first-order valence-electron chi connectivity index (χ1n) is 5.83. The predicted octanol–water partition coefficient (Wildman–Crippen LogP) is 2.12. The lowest BCUT2D eigenvalue weighted by Crippen LogP contribution is -2.30. The van der Waals surface area contributed by atoms with E-state index in [-0.39, 0.29) is 0 Å². The SMILES string of the molecule is CCC(CC)(CN)CCc1nccn1C.